The molecule has 0 aliphatic heterocycles. The van der Waals surface area contributed by atoms with E-state index in [1.54, 1.807) is 0 Å². The van der Waals surface area contributed by atoms with Gasteiger partial charge >= 0.3 is 5.97 Å². The minimum atomic E-state index is -0.481. The Morgan fingerprint density at radius 2 is 2.38 bits per heavy atom. The van der Waals surface area contributed by atoms with E-state index < -0.39 is 5.97 Å². The van der Waals surface area contributed by atoms with Crippen LogP contribution in [0.15, 0.2) is 23.6 Å². The van der Waals surface area contributed by atoms with Crippen molar-refractivity contribution in [3.05, 3.63) is 34.8 Å². The number of carbonyl (C=O) groups excluding carboxylic acids is 2. The molecule has 0 aliphatic rings. The normalized spacial score (nSPS) is 10.1. The van der Waals surface area contributed by atoms with Crippen LogP contribution in [0.25, 0.3) is 10.6 Å². The van der Waals surface area contributed by atoms with Gasteiger partial charge in [-0.2, -0.15) is 0 Å². The van der Waals surface area contributed by atoms with Gasteiger partial charge in [0.25, 0.3) is 0 Å². The number of ether oxygens (including phenoxy) is 1. The molecule has 0 fully saturated rings. The lowest BCUT2D eigenvalue weighted by Crippen LogP contribution is -2.00. The molecule has 0 bridgehead atoms. The van der Waals surface area contributed by atoms with Gasteiger partial charge in [-0.3, -0.25) is 4.79 Å². The van der Waals surface area contributed by atoms with Crippen molar-refractivity contribution in [2.24, 2.45) is 0 Å². The number of aldehydes is 1. The Morgan fingerprint density at radius 1 is 1.56 bits per heavy atom. The molecule has 2 aromatic heterocycles. The van der Waals surface area contributed by atoms with Crippen LogP contribution in [0, 0.1) is 0 Å². The van der Waals surface area contributed by atoms with Gasteiger partial charge < -0.3 is 9.72 Å². The predicted octanol–water partition coefficient (Wildman–Crippen LogP) is 2.34. The highest BCUT2D eigenvalue weighted by Crippen LogP contribution is 2.27. The standard InChI is InChI=1S/C11H9NO3S/c1-15-11(14)8-5-7(6-13)10(12-8)9-3-2-4-16-9/h2-6,12H,1H3. The molecule has 4 nitrogen and oxygen atoms in total. The Kier molecular flexibility index (Phi) is 2.87. The van der Waals surface area contributed by atoms with E-state index in [4.69, 9.17) is 0 Å². The van der Waals surface area contributed by atoms with Gasteiger partial charge in [-0.05, 0) is 17.5 Å². The van der Waals surface area contributed by atoms with Crippen molar-refractivity contribution in [1.29, 1.82) is 0 Å². The number of esters is 1. The summed E-state index contributed by atoms with van der Waals surface area (Å²) >= 11 is 1.50. The zero-order valence-electron chi connectivity index (χ0n) is 8.52. The molecule has 2 aromatic rings. The number of aromatic nitrogens is 1. The molecule has 2 rings (SSSR count). The number of hydrogen-bond donors (Lipinski definition) is 1. The fraction of sp³-hybridized carbons (Fsp3) is 0.0909. The maximum absolute atomic E-state index is 11.3. The Labute approximate surface area is 95.9 Å². The van der Waals surface area contributed by atoms with E-state index in [2.05, 4.69) is 9.72 Å². The summed E-state index contributed by atoms with van der Waals surface area (Å²) < 4.78 is 4.58. The molecule has 0 unspecified atom stereocenters. The predicted molar refractivity (Wildman–Crippen MR) is 60.8 cm³/mol. The Bertz CT molecular complexity index is 513. The monoisotopic (exact) mass is 235 g/mol. The van der Waals surface area contributed by atoms with E-state index >= 15 is 0 Å². The quantitative estimate of drug-likeness (QED) is 0.656. The van der Waals surface area contributed by atoms with Gasteiger partial charge in [0.05, 0.1) is 17.7 Å². The van der Waals surface area contributed by atoms with Crippen molar-refractivity contribution in [2.45, 2.75) is 0 Å². The minimum absolute atomic E-state index is 0.285. The Hall–Kier alpha value is -1.88. The van der Waals surface area contributed by atoms with E-state index in [1.807, 2.05) is 17.5 Å². The summed E-state index contributed by atoms with van der Waals surface area (Å²) in [4.78, 5) is 26.0. The van der Waals surface area contributed by atoms with Gasteiger partial charge in [0.1, 0.15) is 5.69 Å². The molecule has 0 aliphatic carbocycles. The van der Waals surface area contributed by atoms with E-state index in [0.717, 1.165) is 11.2 Å². The van der Waals surface area contributed by atoms with Gasteiger partial charge in [0.15, 0.2) is 6.29 Å². The molecular weight excluding hydrogens is 226 g/mol. The Morgan fingerprint density at radius 3 is 2.94 bits per heavy atom. The topological polar surface area (TPSA) is 59.2 Å². The first-order chi connectivity index (χ1) is 7.76. The summed E-state index contributed by atoms with van der Waals surface area (Å²) in [6.07, 6.45) is 0.720. The third-order valence-corrected chi connectivity index (χ3v) is 3.04. The average molecular weight is 235 g/mol. The number of carbonyl (C=O) groups is 2. The zero-order valence-corrected chi connectivity index (χ0v) is 9.34. The molecule has 5 heteroatoms. The molecule has 1 N–H and O–H groups in total. The fourth-order valence-corrected chi connectivity index (χ4v) is 2.16. The zero-order chi connectivity index (χ0) is 11.5. The molecule has 0 atom stereocenters. The third kappa shape index (κ3) is 1.77. The van der Waals surface area contributed by atoms with Crippen molar-refractivity contribution in [3.63, 3.8) is 0 Å². The van der Waals surface area contributed by atoms with Crippen LogP contribution in [-0.4, -0.2) is 24.3 Å². The van der Waals surface area contributed by atoms with Crippen LogP contribution in [0.2, 0.25) is 0 Å². The first-order valence-electron chi connectivity index (χ1n) is 4.56. The SMILES string of the molecule is COC(=O)c1cc(C=O)c(-c2cccs2)[nH]1. The van der Waals surface area contributed by atoms with Crippen molar-refractivity contribution in [2.75, 3.05) is 7.11 Å². The summed E-state index contributed by atoms with van der Waals surface area (Å²) in [6, 6.07) is 5.26. The summed E-state index contributed by atoms with van der Waals surface area (Å²) in [7, 11) is 1.30. The molecule has 2 heterocycles. The van der Waals surface area contributed by atoms with Gasteiger partial charge in [0, 0.05) is 5.56 Å². The third-order valence-electron chi connectivity index (χ3n) is 2.15. The number of H-pyrrole nitrogens is 1. The maximum atomic E-state index is 11.3. The molecule has 0 saturated carbocycles. The second-order valence-electron chi connectivity index (χ2n) is 3.10. The van der Waals surface area contributed by atoms with Crippen LogP contribution in [0.1, 0.15) is 20.8 Å². The largest absolute Gasteiger partial charge is 0.464 e. The van der Waals surface area contributed by atoms with Crippen LogP contribution in [-0.2, 0) is 4.74 Å². The fourth-order valence-electron chi connectivity index (χ4n) is 1.41. The molecule has 0 spiro atoms. The number of thiophene rings is 1. The summed E-state index contributed by atoms with van der Waals surface area (Å²) in [5.74, 6) is -0.481. The highest BCUT2D eigenvalue weighted by Gasteiger charge is 2.15. The molecule has 0 aromatic carbocycles. The van der Waals surface area contributed by atoms with Crippen LogP contribution in [0.5, 0.6) is 0 Å². The number of rotatable bonds is 3. The number of hydrogen-bond acceptors (Lipinski definition) is 4. The van der Waals surface area contributed by atoms with Crippen molar-refractivity contribution < 1.29 is 14.3 Å². The van der Waals surface area contributed by atoms with Crippen LogP contribution in [0.4, 0.5) is 0 Å². The molecule has 16 heavy (non-hydrogen) atoms. The minimum Gasteiger partial charge on any atom is -0.464 e. The number of aromatic amines is 1. The van der Waals surface area contributed by atoms with Crippen molar-refractivity contribution >= 4 is 23.6 Å². The van der Waals surface area contributed by atoms with E-state index in [-0.39, 0.29) is 5.69 Å². The number of methoxy groups -OCH3 is 1. The molecule has 0 radical (unpaired) electrons. The van der Waals surface area contributed by atoms with Gasteiger partial charge in [-0.25, -0.2) is 4.79 Å². The van der Waals surface area contributed by atoms with E-state index in [0.29, 0.717) is 11.3 Å². The first-order valence-corrected chi connectivity index (χ1v) is 5.44. The lowest BCUT2D eigenvalue weighted by Gasteiger charge is -1.95. The van der Waals surface area contributed by atoms with Crippen molar-refractivity contribution in [3.8, 4) is 10.6 Å². The molecule has 0 saturated heterocycles. The number of nitrogens with one attached hydrogen (secondary N) is 1. The average Bonchev–Trinajstić information content (AvgIpc) is 2.95. The lowest BCUT2D eigenvalue weighted by molar-refractivity contribution is 0.0595. The van der Waals surface area contributed by atoms with E-state index in [1.165, 1.54) is 24.5 Å². The van der Waals surface area contributed by atoms with Crippen LogP contribution >= 0.6 is 11.3 Å². The highest BCUT2D eigenvalue weighted by atomic mass is 32.1. The second-order valence-corrected chi connectivity index (χ2v) is 4.05. The molecule has 0 amide bonds. The first kappa shape index (κ1) is 10.6. The van der Waals surface area contributed by atoms with Crippen LogP contribution in [0.3, 0.4) is 0 Å². The smallest absolute Gasteiger partial charge is 0.354 e. The second kappa shape index (κ2) is 4.32. The van der Waals surface area contributed by atoms with Gasteiger partial charge in [0.2, 0.25) is 0 Å². The summed E-state index contributed by atoms with van der Waals surface area (Å²) in [5, 5.41) is 1.91. The summed E-state index contributed by atoms with van der Waals surface area (Å²) in [6.45, 7) is 0. The Balaban J connectivity index is 2.49. The van der Waals surface area contributed by atoms with Crippen molar-refractivity contribution in [1.82, 2.24) is 4.98 Å². The summed E-state index contributed by atoms with van der Waals surface area (Å²) in [5.41, 5.74) is 1.40. The lowest BCUT2D eigenvalue weighted by atomic mass is 10.2. The van der Waals surface area contributed by atoms with Crippen LogP contribution < -0.4 is 0 Å². The highest BCUT2D eigenvalue weighted by molar-refractivity contribution is 7.13. The van der Waals surface area contributed by atoms with E-state index in [9.17, 15) is 9.59 Å². The maximum Gasteiger partial charge on any atom is 0.354 e. The van der Waals surface area contributed by atoms with Gasteiger partial charge in [-0.15, -0.1) is 11.3 Å². The molecule has 82 valence electrons. The molecular formula is C11H9NO3S. The van der Waals surface area contributed by atoms with Gasteiger partial charge in [-0.1, -0.05) is 6.07 Å².